The zero-order valence-electron chi connectivity index (χ0n) is 71.7. The second-order valence-corrected chi connectivity index (χ2v) is 31.0. The molecular weight excluding hydrogens is 1500 g/mol. The Morgan fingerprint density at radius 3 is 1.30 bits per heavy atom. The molecule has 4 atom stereocenters. The number of H-pyrrole nitrogens is 1. The lowest BCUT2D eigenvalue weighted by Gasteiger charge is -2.33. The van der Waals surface area contributed by atoms with Crippen molar-refractivity contribution in [2.24, 2.45) is 44.5 Å². The summed E-state index contributed by atoms with van der Waals surface area (Å²) in [5.74, 6) is -4.34. The van der Waals surface area contributed by atoms with Crippen molar-refractivity contribution in [3.05, 3.63) is 18.2 Å². The minimum Gasteiger partial charge on any atom is -0.377 e. The van der Waals surface area contributed by atoms with Gasteiger partial charge in [-0.1, -0.05) is 144 Å². The average molecular weight is 1660 g/mol. The summed E-state index contributed by atoms with van der Waals surface area (Å²) in [6, 6.07) is -3.13. The summed E-state index contributed by atoms with van der Waals surface area (Å²) in [5.41, 5.74) is 24.4. The van der Waals surface area contributed by atoms with E-state index in [1.54, 1.807) is 54.8 Å². The van der Waals surface area contributed by atoms with Crippen LogP contribution in [0.25, 0.3) is 0 Å². The molecule has 0 bridgehead atoms. The SMILES string of the molecule is CC(C)(CC(=O)C(C)(C)NC(=O)[C@@H](N)Cc1cnc[nH]1)C(=O)CC(C)(C)C(=O)N[C@@H](CCCN=C(N)N)C(N)=O.CCCCCCCCCCCC(=O)NCCOCCOCC(=O)NCCCCC(NC(=O)COCCOCCNC(=O)CCCCCCCCCCC)C(=O)NCCOCCOCC(=O)NCCCCC(NC)C(N)=O.[HH].[HH]. The average Bonchev–Trinajstić information content (AvgIpc) is 0.884. The summed E-state index contributed by atoms with van der Waals surface area (Å²) in [6.07, 6.45) is 29.6. The summed E-state index contributed by atoms with van der Waals surface area (Å²) < 4.78 is 32.9. The molecule has 2 unspecified atom stereocenters. The fraction of sp³-hybridized carbons (Fsp3) is 0.802. The maximum Gasteiger partial charge on any atom is 0.246 e. The molecule has 1 aromatic heterocycles. The number of amides is 10. The zero-order chi connectivity index (χ0) is 86.7. The number of ketones is 2. The Balaban J connectivity index is -0.00000264. The molecule has 20 N–H and O–H groups in total. The van der Waals surface area contributed by atoms with Crippen LogP contribution >= 0.6 is 0 Å². The third kappa shape index (κ3) is 59.8. The van der Waals surface area contributed by atoms with Gasteiger partial charge in [-0.25, -0.2) is 4.98 Å². The number of likely N-dealkylation sites (N-methyl/N-ethyl adjacent to an activating group) is 1. The van der Waals surface area contributed by atoms with Crippen LogP contribution in [0.15, 0.2) is 17.5 Å². The number of aromatic amines is 1. The Labute approximate surface area is 692 Å². The van der Waals surface area contributed by atoms with Crippen molar-refractivity contribution in [3.8, 4) is 0 Å². The van der Waals surface area contributed by atoms with Gasteiger partial charge in [0.05, 0.1) is 88.8 Å². The standard InChI is InChI=1S/C55H106N8O13.C26H45N9O5.2H2/c1-4-6-8-10-12-14-16-18-20-28-49(64)60-32-35-71-38-41-74-45-52(67)59-31-25-23-27-48(55(70)62-34-37-73-39-42-75-44-51(66)58-30-24-22-26-47(57-3)54(56)69)63-53(68)46-76-43-40-72-36-33-61-50(65)29-21-19-17-15-13-11-9-7-5-2;1-24(2,12-19(37)26(5,6)35-21(39)16(27)10-15-13-31-14-33-15)18(36)11-25(3,4)22(40)34-17(20(28)38)8-7-9-32-23(29)30;;/h47-48,57H,4-46H2,1-3H3,(H2,56,69)(H,58,66)(H,59,67)(H,60,64)(H,61,65)(H,62,70)(H,63,68);13-14,16-17H,7-12,27H2,1-6H3,(H2,28,38)(H,31,33)(H,34,40)(H,35,39)(H4,29,30,32);2*1H/t;16-,17-;;/m.0../s1. The van der Waals surface area contributed by atoms with Gasteiger partial charge in [0.15, 0.2) is 11.7 Å². The molecule has 672 valence electrons. The second kappa shape index (κ2) is 68.1. The number of aliphatic imine (C=N–C) groups is 1. The number of imidazole rings is 1. The number of Topliss-reactive ketones (excluding diaryl/α,β-unsaturated/α-hetero) is 2. The lowest BCUT2D eigenvalue weighted by Crippen LogP contribution is -2.56. The molecule has 35 heteroatoms. The number of guanidine groups is 1. The van der Waals surface area contributed by atoms with E-state index in [0.717, 1.165) is 32.1 Å². The zero-order valence-corrected chi connectivity index (χ0v) is 71.7. The molecule has 116 heavy (non-hydrogen) atoms. The minimum absolute atomic E-state index is 0. The first-order valence-electron chi connectivity index (χ1n) is 42.2. The van der Waals surface area contributed by atoms with Crippen LogP contribution in [0.3, 0.4) is 0 Å². The number of rotatable bonds is 75. The number of aromatic nitrogens is 2. The van der Waals surface area contributed by atoms with Gasteiger partial charge in [0.1, 0.15) is 37.7 Å². The topological polar surface area (TPSA) is 540 Å². The molecule has 0 aliphatic rings. The van der Waals surface area contributed by atoms with Crippen LogP contribution in [0.2, 0.25) is 0 Å². The van der Waals surface area contributed by atoms with E-state index in [-0.39, 0.29) is 142 Å². The summed E-state index contributed by atoms with van der Waals surface area (Å²) in [6.45, 7) is 17.5. The predicted octanol–water partition coefficient (Wildman–Crippen LogP) is 4.07. The minimum atomic E-state index is -1.29. The number of primary amides is 2. The molecule has 35 nitrogen and oxygen atoms in total. The van der Waals surface area contributed by atoms with Crippen molar-refractivity contribution in [1.29, 1.82) is 0 Å². The molecule has 0 aliphatic carbocycles. The number of nitrogens with one attached hydrogen (secondary N) is 10. The highest BCUT2D eigenvalue weighted by Crippen LogP contribution is 2.32. The number of nitrogens with two attached hydrogens (primary N) is 5. The first-order chi connectivity index (χ1) is 55.3. The number of unbranched alkanes of at least 4 members (excludes halogenated alkanes) is 18. The van der Waals surface area contributed by atoms with E-state index in [2.05, 4.69) is 76.7 Å². The van der Waals surface area contributed by atoms with Gasteiger partial charge in [0.25, 0.3) is 0 Å². The third-order valence-electron chi connectivity index (χ3n) is 19.0. The fourth-order valence-electron chi connectivity index (χ4n) is 11.6. The molecule has 1 rings (SSSR count). The van der Waals surface area contributed by atoms with Gasteiger partial charge in [0, 0.05) is 91.5 Å². The highest BCUT2D eigenvalue weighted by atomic mass is 16.5. The van der Waals surface area contributed by atoms with E-state index in [1.807, 2.05) is 0 Å². The first-order valence-corrected chi connectivity index (χ1v) is 42.2. The predicted molar refractivity (Wildman–Crippen MR) is 450 cm³/mol. The van der Waals surface area contributed by atoms with Crippen molar-refractivity contribution in [1.82, 2.24) is 57.8 Å². The van der Waals surface area contributed by atoms with Crippen molar-refractivity contribution in [2.45, 2.75) is 284 Å². The van der Waals surface area contributed by atoms with E-state index in [1.165, 1.54) is 96.2 Å². The van der Waals surface area contributed by atoms with Crippen molar-refractivity contribution in [2.75, 3.05) is 126 Å². The van der Waals surface area contributed by atoms with E-state index >= 15 is 0 Å². The summed E-state index contributed by atoms with van der Waals surface area (Å²) >= 11 is 0. The lowest BCUT2D eigenvalue weighted by atomic mass is 9.73. The lowest BCUT2D eigenvalue weighted by molar-refractivity contribution is -0.141. The van der Waals surface area contributed by atoms with Gasteiger partial charge >= 0.3 is 0 Å². The number of nitrogens with zero attached hydrogens (tertiary/aromatic N) is 2. The molecule has 1 heterocycles. The molecule has 0 spiro atoms. The van der Waals surface area contributed by atoms with Crippen LogP contribution in [0.4, 0.5) is 0 Å². The molecule has 1 aromatic rings. The van der Waals surface area contributed by atoms with Crippen LogP contribution < -0.4 is 76.5 Å². The van der Waals surface area contributed by atoms with Crippen molar-refractivity contribution >= 4 is 76.6 Å². The first kappa shape index (κ1) is 108. The molecule has 0 aromatic carbocycles. The quantitative estimate of drug-likeness (QED) is 0.0248. The summed E-state index contributed by atoms with van der Waals surface area (Å²) in [7, 11) is 1.68. The van der Waals surface area contributed by atoms with Crippen LogP contribution in [0, 0.1) is 10.8 Å². The van der Waals surface area contributed by atoms with Crippen LogP contribution in [0.5, 0.6) is 0 Å². The Hall–Kier alpha value is -7.80. The highest BCUT2D eigenvalue weighted by molar-refractivity contribution is 5.99. The summed E-state index contributed by atoms with van der Waals surface area (Å²) in [5, 5.41) is 25.0. The van der Waals surface area contributed by atoms with Gasteiger partial charge in [-0.2, -0.15) is 0 Å². The Bertz CT molecular complexity index is 2940. The number of ether oxygens (including phenoxy) is 6. The second-order valence-electron chi connectivity index (χ2n) is 31.0. The monoisotopic (exact) mass is 1650 g/mol. The Morgan fingerprint density at radius 2 is 0.862 bits per heavy atom. The largest absolute Gasteiger partial charge is 0.377 e. The molecule has 0 saturated carbocycles. The Morgan fingerprint density at radius 1 is 0.448 bits per heavy atom. The van der Waals surface area contributed by atoms with Gasteiger partial charge in [0.2, 0.25) is 59.1 Å². The maximum atomic E-state index is 13.3. The molecule has 10 amide bonds. The molecule has 0 saturated heterocycles. The van der Waals surface area contributed by atoms with E-state index in [4.69, 9.17) is 57.1 Å². The van der Waals surface area contributed by atoms with Crippen molar-refractivity contribution < 1.29 is 88.8 Å². The number of carbonyl (C=O) groups excluding carboxylic acids is 12. The van der Waals surface area contributed by atoms with Crippen LogP contribution in [0.1, 0.15) is 257 Å². The van der Waals surface area contributed by atoms with Gasteiger partial charge in [-0.3, -0.25) is 62.5 Å². The molecular formula is C81H155N17O18. The van der Waals surface area contributed by atoms with Crippen LogP contribution in [-0.2, 0) is 92.4 Å². The highest BCUT2D eigenvalue weighted by Gasteiger charge is 2.42. The van der Waals surface area contributed by atoms with Gasteiger partial charge in [-0.15, -0.1) is 0 Å². The number of hydrogen-bond acceptors (Lipinski definition) is 22. The Kier molecular flexibility index (Phi) is 63.6. The van der Waals surface area contributed by atoms with Gasteiger partial charge < -0.3 is 110 Å². The molecule has 0 fully saturated rings. The number of carbonyl (C=O) groups is 12. The maximum absolute atomic E-state index is 13.3. The summed E-state index contributed by atoms with van der Waals surface area (Å²) in [4.78, 5) is 160. The molecule has 0 radical (unpaired) electrons. The molecule has 0 aliphatic heterocycles. The van der Waals surface area contributed by atoms with Crippen LogP contribution in [-0.4, -0.2) is 242 Å². The van der Waals surface area contributed by atoms with E-state index < -0.39 is 76.0 Å². The number of hydrogen-bond donors (Lipinski definition) is 15. The fourth-order valence-corrected chi connectivity index (χ4v) is 11.6. The van der Waals surface area contributed by atoms with E-state index in [9.17, 15) is 57.5 Å². The smallest absolute Gasteiger partial charge is 0.246 e. The normalized spacial score (nSPS) is 12.5. The third-order valence-corrected chi connectivity index (χ3v) is 19.0. The van der Waals surface area contributed by atoms with Crippen molar-refractivity contribution in [3.63, 3.8) is 0 Å². The van der Waals surface area contributed by atoms with E-state index in [0.29, 0.717) is 103 Å². The van der Waals surface area contributed by atoms with Gasteiger partial charge in [-0.05, 0) is 85.1 Å².